The Kier molecular flexibility index (Phi) is 8.69. The number of hydrogen-bond acceptors (Lipinski definition) is 10. The Morgan fingerprint density at radius 2 is 1.83 bits per heavy atom. The van der Waals surface area contributed by atoms with E-state index in [9.17, 15) is 0 Å². The molecular weight excluding hydrogens is 388 g/mol. The summed E-state index contributed by atoms with van der Waals surface area (Å²) in [7, 11) is 3.23. The summed E-state index contributed by atoms with van der Waals surface area (Å²) in [4.78, 5) is 9.35. The molecule has 1 aliphatic rings. The van der Waals surface area contributed by atoms with Gasteiger partial charge in [-0.2, -0.15) is 4.98 Å². The molecule has 1 fully saturated rings. The molecule has 3 rings (SSSR count). The molecule has 0 amide bonds. The molecule has 2 heterocycles. The van der Waals surface area contributed by atoms with E-state index < -0.39 is 0 Å². The Morgan fingerprint density at radius 3 is 2.53 bits per heavy atom. The van der Waals surface area contributed by atoms with Gasteiger partial charge in [0.2, 0.25) is 5.95 Å². The Balaban J connectivity index is 1.70. The van der Waals surface area contributed by atoms with Gasteiger partial charge in [-0.05, 0) is 19.0 Å². The van der Waals surface area contributed by atoms with Crippen molar-refractivity contribution < 1.29 is 18.9 Å². The lowest BCUT2D eigenvalue weighted by atomic mass is 10.2. The highest BCUT2D eigenvalue weighted by molar-refractivity contribution is 5.92. The van der Waals surface area contributed by atoms with Crippen molar-refractivity contribution in [3.63, 3.8) is 0 Å². The van der Waals surface area contributed by atoms with E-state index in [0.717, 1.165) is 36.2 Å². The SMILES string of the molecule is COc1cc2nc(NCCOCCOCCN)nc(N[C@H]3CCNC3)c2cc1OC. The van der Waals surface area contributed by atoms with E-state index in [1.807, 2.05) is 12.1 Å². The Labute approximate surface area is 176 Å². The van der Waals surface area contributed by atoms with Gasteiger partial charge in [-0.3, -0.25) is 0 Å². The van der Waals surface area contributed by atoms with E-state index in [-0.39, 0.29) is 0 Å². The standard InChI is InChI=1S/C20H32N6O4/c1-27-17-11-15-16(12-18(17)28-2)25-20(23-6-8-30-10-9-29-7-4-21)26-19(15)24-14-3-5-22-13-14/h11-12,14,22H,3-10,13,21H2,1-2H3,(H2,23,24,25,26)/t14-/m0/s1. The molecule has 0 aliphatic carbocycles. The summed E-state index contributed by atoms with van der Waals surface area (Å²) < 4.78 is 21.7. The van der Waals surface area contributed by atoms with Crippen LogP contribution < -0.4 is 31.2 Å². The van der Waals surface area contributed by atoms with Crippen molar-refractivity contribution in [3.8, 4) is 11.5 Å². The molecule has 1 aromatic heterocycles. The van der Waals surface area contributed by atoms with Crippen molar-refractivity contribution >= 4 is 22.7 Å². The molecule has 2 aromatic rings. The number of rotatable bonds is 13. The van der Waals surface area contributed by atoms with Crippen LogP contribution in [0.3, 0.4) is 0 Å². The number of aromatic nitrogens is 2. The summed E-state index contributed by atoms with van der Waals surface area (Å²) in [6, 6.07) is 4.10. The van der Waals surface area contributed by atoms with Crippen LogP contribution in [0.1, 0.15) is 6.42 Å². The summed E-state index contributed by atoms with van der Waals surface area (Å²) >= 11 is 0. The van der Waals surface area contributed by atoms with Crippen molar-refractivity contribution in [1.82, 2.24) is 15.3 Å². The van der Waals surface area contributed by atoms with E-state index >= 15 is 0 Å². The Bertz CT molecular complexity index is 800. The van der Waals surface area contributed by atoms with E-state index in [0.29, 0.717) is 63.0 Å². The van der Waals surface area contributed by atoms with Crippen LogP contribution in [0, 0.1) is 0 Å². The second-order valence-electron chi connectivity index (χ2n) is 6.89. The molecule has 1 aliphatic heterocycles. The minimum absolute atomic E-state index is 0.320. The number of fused-ring (bicyclic) bond motifs is 1. The predicted octanol–water partition coefficient (Wildman–Crippen LogP) is 0.825. The highest BCUT2D eigenvalue weighted by Crippen LogP contribution is 2.34. The number of nitrogens with zero attached hydrogens (tertiary/aromatic N) is 2. The van der Waals surface area contributed by atoms with E-state index in [2.05, 4.69) is 20.9 Å². The van der Waals surface area contributed by atoms with Gasteiger partial charge in [-0.25, -0.2) is 4.98 Å². The number of methoxy groups -OCH3 is 2. The van der Waals surface area contributed by atoms with Crippen LogP contribution in [-0.4, -0.2) is 82.8 Å². The molecule has 1 atom stereocenters. The molecule has 10 heteroatoms. The Morgan fingerprint density at radius 1 is 1.07 bits per heavy atom. The van der Waals surface area contributed by atoms with Crippen molar-refractivity contribution in [2.45, 2.75) is 12.5 Å². The number of nitrogens with two attached hydrogens (primary N) is 1. The third-order valence-electron chi connectivity index (χ3n) is 4.77. The van der Waals surface area contributed by atoms with Gasteiger partial charge in [0.15, 0.2) is 11.5 Å². The molecule has 10 nitrogen and oxygen atoms in total. The van der Waals surface area contributed by atoms with Gasteiger partial charge in [0.1, 0.15) is 5.82 Å². The average Bonchev–Trinajstić information content (AvgIpc) is 3.27. The van der Waals surface area contributed by atoms with Crippen LogP contribution in [0.2, 0.25) is 0 Å². The number of benzene rings is 1. The lowest BCUT2D eigenvalue weighted by Gasteiger charge is -2.17. The quantitative estimate of drug-likeness (QED) is 0.346. The summed E-state index contributed by atoms with van der Waals surface area (Å²) in [5.74, 6) is 2.58. The summed E-state index contributed by atoms with van der Waals surface area (Å²) in [5.41, 5.74) is 6.15. The van der Waals surface area contributed by atoms with Gasteiger partial charge in [0, 0.05) is 37.1 Å². The third kappa shape index (κ3) is 6.05. The second-order valence-corrected chi connectivity index (χ2v) is 6.89. The van der Waals surface area contributed by atoms with Crippen LogP contribution in [0.25, 0.3) is 10.9 Å². The summed E-state index contributed by atoms with van der Waals surface area (Å²) in [5, 5.41) is 11.0. The topological polar surface area (TPSA) is 125 Å². The van der Waals surface area contributed by atoms with E-state index in [1.165, 1.54) is 0 Å². The smallest absolute Gasteiger partial charge is 0.225 e. The first-order valence-electron chi connectivity index (χ1n) is 10.3. The highest BCUT2D eigenvalue weighted by atomic mass is 16.5. The Hall–Kier alpha value is -2.40. The molecule has 0 bridgehead atoms. The lowest BCUT2D eigenvalue weighted by Crippen LogP contribution is -2.23. The van der Waals surface area contributed by atoms with E-state index in [4.69, 9.17) is 29.7 Å². The first-order valence-corrected chi connectivity index (χ1v) is 10.3. The predicted molar refractivity (Wildman–Crippen MR) is 117 cm³/mol. The van der Waals surface area contributed by atoms with Crippen LogP contribution in [0.15, 0.2) is 12.1 Å². The maximum absolute atomic E-state index is 5.55. The second kappa shape index (κ2) is 11.7. The van der Waals surface area contributed by atoms with Crippen molar-refractivity contribution in [1.29, 1.82) is 0 Å². The first kappa shape index (κ1) is 22.3. The molecule has 5 N–H and O–H groups in total. The molecule has 30 heavy (non-hydrogen) atoms. The van der Waals surface area contributed by atoms with E-state index in [1.54, 1.807) is 14.2 Å². The van der Waals surface area contributed by atoms with Crippen LogP contribution in [0.4, 0.5) is 11.8 Å². The van der Waals surface area contributed by atoms with Gasteiger partial charge < -0.3 is 40.6 Å². The minimum Gasteiger partial charge on any atom is -0.493 e. The third-order valence-corrected chi connectivity index (χ3v) is 4.77. The van der Waals surface area contributed by atoms with Gasteiger partial charge >= 0.3 is 0 Å². The van der Waals surface area contributed by atoms with Gasteiger partial charge in [0.25, 0.3) is 0 Å². The minimum atomic E-state index is 0.320. The van der Waals surface area contributed by atoms with Crippen molar-refractivity contribution in [2.75, 3.05) is 77.5 Å². The van der Waals surface area contributed by atoms with Crippen molar-refractivity contribution in [3.05, 3.63) is 12.1 Å². The average molecular weight is 421 g/mol. The van der Waals surface area contributed by atoms with Crippen LogP contribution >= 0.6 is 0 Å². The number of ether oxygens (including phenoxy) is 4. The molecule has 0 radical (unpaired) electrons. The fourth-order valence-electron chi connectivity index (χ4n) is 3.26. The molecule has 0 spiro atoms. The largest absolute Gasteiger partial charge is 0.493 e. The van der Waals surface area contributed by atoms with Crippen LogP contribution in [0.5, 0.6) is 11.5 Å². The van der Waals surface area contributed by atoms with Crippen molar-refractivity contribution in [2.24, 2.45) is 5.73 Å². The highest BCUT2D eigenvalue weighted by Gasteiger charge is 2.18. The number of nitrogens with one attached hydrogen (secondary N) is 3. The fraction of sp³-hybridized carbons (Fsp3) is 0.600. The van der Waals surface area contributed by atoms with Gasteiger partial charge in [-0.15, -0.1) is 0 Å². The first-order chi connectivity index (χ1) is 14.7. The molecule has 1 aromatic carbocycles. The maximum Gasteiger partial charge on any atom is 0.225 e. The normalized spacial score (nSPS) is 16.0. The number of hydrogen-bond donors (Lipinski definition) is 4. The summed E-state index contributed by atoms with van der Waals surface area (Å²) in [6.07, 6.45) is 1.04. The molecule has 166 valence electrons. The summed E-state index contributed by atoms with van der Waals surface area (Å²) in [6.45, 7) is 5.14. The zero-order chi connectivity index (χ0) is 21.2. The van der Waals surface area contributed by atoms with Gasteiger partial charge in [0.05, 0.1) is 46.2 Å². The molecule has 1 saturated heterocycles. The molecule has 0 saturated carbocycles. The molecular formula is C20H32N6O4. The van der Waals surface area contributed by atoms with Gasteiger partial charge in [-0.1, -0.05) is 0 Å². The maximum atomic E-state index is 5.55. The number of anilines is 2. The fourth-order valence-corrected chi connectivity index (χ4v) is 3.26. The van der Waals surface area contributed by atoms with Crippen LogP contribution in [-0.2, 0) is 9.47 Å². The lowest BCUT2D eigenvalue weighted by molar-refractivity contribution is 0.0547. The monoisotopic (exact) mass is 420 g/mol. The molecule has 0 unspecified atom stereocenters. The zero-order valence-corrected chi connectivity index (χ0v) is 17.7. The zero-order valence-electron chi connectivity index (χ0n) is 17.7.